The molecule has 1 radical (unpaired) electrons. The molecule has 0 amide bonds. The van der Waals surface area contributed by atoms with Gasteiger partial charge in [-0.05, 0) is 12.5 Å². The molecular weight excluding hydrogens is 148 g/mol. The highest BCUT2D eigenvalue weighted by Crippen LogP contribution is 2.13. The number of hydrogen-bond donors (Lipinski definition) is 0. The van der Waals surface area contributed by atoms with Crippen molar-refractivity contribution >= 4 is 5.71 Å². The summed E-state index contributed by atoms with van der Waals surface area (Å²) in [6.45, 7) is 4.45. The van der Waals surface area contributed by atoms with Crippen LogP contribution >= 0.6 is 0 Å². The smallest absolute Gasteiger partial charge is 0.0674 e. The number of hydrogen-bond acceptors (Lipinski definition) is 1. The highest BCUT2D eigenvalue weighted by Gasteiger charge is 2.10. The number of allylic oxidation sites excluding steroid dienone is 1. The lowest BCUT2D eigenvalue weighted by Gasteiger charge is -2.07. The van der Waals surface area contributed by atoms with Crippen LogP contribution < -0.4 is 5.43 Å². The van der Waals surface area contributed by atoms with Gasteiger partial charge in [-0.3, -0.25) is 0 Å². The van der Waals surface area contributed by atoms with E-state index < -0.39 is 0 Å². The molecule has 0 spiro atoms. The van der Waals surface area contributed by atoms with Crippen molar-refractivity contribution in [1.29, 1.82) is 0 Å². The molecule has 0 aromatic rings. The lowest BCUT2D eigenvalue weighted by Crippen LogP contribution is -2.06. The summed E-state index contributed by atoms with van der Waals surface area (Å²) in [5.74, 6) is 0.582. The lowest BCUT2D eigenvalue weighted by atomic mass is 9.98. The minimum Gasteiger partial charge on any atom is -0.159 e. The van der Waals surface area contributed by atoms with Gasteiger partial charge in [-0.15, -0.1) is 0 Å². The van der Waals surface area contributed by atoms with E-state index in [4.69, 9.17) is 0 Å². The van der Waals surface area contributed by atoms with Crippen LogP contribution in [0, 0.1) is 5.92 Å². The second kappa shape index (κ2) is 4.96. The summed E-state index contributed by atoms with van der Waals surface area (Å²) in [4.78, 5) is 0. The minimum absolute atomic E-state index is 0.582. The van der Waals surface area contributed by atoms with Crippen LogP contribution in [0.5, 0.6) is 0 Å². The molecule has 1 atom stereocenters. The summed E-state index contributed by atoms with van der Waals surface area (Å²) in [6.07, 6.45) is 8.96. The maximum absolute atomic E-state index is 4.04. The third-order valence-electron chi connectivity index (χ3n) is 2.23. The zero-order valence-electron chi connectivity index (χ0n) is 7.95. The van der Waals surface area contributed by atoms with Crippen LogP contribution in [0.3, 0.4) is 0 Å². The van der Waals surface area contributed by atoms with Gasteiger partial charge < -0.3 is 0 Å². The zero-order chi connectivity index (χ0) is 8.81. The Hall–Kier alpha value is -0.790. The van der Waals surface area contributed by atoms with Crippen LogP contribution in [0.2, 0.25) is 0 Å². The van der Waals surface area contributed by atoms with E-state index in [1.807, 2.05) is 6.08 Å². The first-order valence-corrected chi connectivity index (χ1v) is 4.79. The molecule has 1 aliphatic rings. The first-order valence-electron chi connectivity index (χ1n) is 4.79. The SMILES string of the molecule is CCCCCC(C)C1=N[N]C=C1. The van der Waals surface area contributed by atoms with E-state index in [2.05, 4.69) is 24.4 Å². The van der Waals surface area contributed by atoms with Crippen LogP contribution in [-0.2, 0) is 0 Å². The molecule has 0 saturated carbocycles. The van der Waals surface area contributed by atoms with Crippen molar-refractivity contribution in [2.24, 2.45) is 11.0 Å². The van der Waals surface area contributed by atoms with Gasteiger partial charge >= 0.3 is 0 Å². The van der Waals surface area contributed by atoms with Crippen LogP contribution in [0.4, 0.5) is 0 Å². The molecule has 0 aliphatic carbocycles. The number of unbranched alkanes of at least 4 members (excludes halogenated alkanes) is 2. The van der Waals surface area contributed by atoms with Crippen molar-refractivity contribution in [3.8, 4) is 0 Å². The van der Waals surface area contributed by atoms with Gasteiger partial charge in [-0.1, -0.05) is 33.1 Å². The Bertz CT molecular complexity index is 182. The first-order chi connectivity index (χ1) is 5.84. The summed E-state index contributed by atoms with van der Waals surface area (Å²) in [7, 11) is 0. The molecule has 1 aliphatic heterocycles. The van der Waals surface area contributed by atoms with Crippen LogP contribution in [0.1, 0.15) is 39.5 Å². The quantitative estimate of drug-likeness (QED) is 0.560. The van der Waals surface area contributed by atoms with Gasteiger partial charge in [0.15, 0.2) is 0 Å². The van der Waals surface area contributed by atoms with Gasteiger partial charge in [0.2, 0.25) is 0 Å². The van der Waals surface area contributed by atoms with E-state index in [-0.39, 0.29) is 0 Å². The number of rotatable bonds is 5. The summed E-state index contributed by atoms with van der Waals surface area (Å²) in [6, 6.07) is 0. The van der Waals surface area contributed by atoms with E-state index >= 15 is 0 Å². The molecule has 0 bridgehead atoms. The molecule has 1 heterocycles. The molecule has 67 valence electrons. The van der Waals surface area contributed by atoms with E-state index in [0.29, 0.717) is 5.92 Å². The van der Waals surface area contributed by atoms with Gasteiger partial charge in [0.1, 0.15) is 0 Å². The van der Waals surface area contributed by atoms with Crippen LogP contribution in [-0.4, -0.2) is 5.71 Å². The number of nitrogens with zero attached hydrogens (tertiary/aromatic N) is 2. The zero-order valence-corrected chi connectivity index (χ0v) is 7.95. The van der Waals surface area contributed by atoms with E-state index in [0.717, 1.165) is 5.71 Å². The fourth-order valence-electron chi connectivity index (χ4n) is 1.35. The topological polar surface area (TPSA) is 26.5 Å². The Balaban J connectivity index is 2.19. The van der Waals surface area contributed by atoms with Crippen molar-refractivity contribution in [2.45, 2.75) is 39.5 Å². The maximum Gasteiger partial charge on any atom is 0.0674 e. The summed E-state index contributed by atoms with van der Waals surface area (Å²) in [5.41, 5.74) is 4.97. The molecule has 0 N–H and O–H groups in total. The van der Waals surface area contributed by atoms with Gasteiger partial charge in [-0.25, -0.2) is 0 Å². The Kier molecular flexibility index (Phi) is 3.85. The molecule has 2 nitrogen and oxygen atoms in total. The van der Waals surface area contributed by atoms with Crippen molar-refractivity contribution < 1.29 is 0 Å². The Morgan fingerprint density at radius 2 is 2.25 bits per heavy atom. The van der Waals surface area contributed by atoms with Gasteiger partial charge in [0, 0.05) is 5.92 Å². The monoisotopic (exact) mass is 165 g/mol. The average Bonchev–Trinajstić information content (AvgIpc) is 2.56. The average molecular weight is 165 g/mol. The Labute approximate surface area is 74.7 Å². The van der Waals surface area contributed by atoms with Gasteiger partial charge in [0.25, 0.3) is 0 Å². The lowest BCUT2D eigenvalue weighted by molar-refractivity contribution is 0.597. The van der Waals surface area contributed by atoms with Crippen LogP contribution in [0.25, 0.3) is 0 Å². The molecular formula is C10H17N2. The first kappa shape index (κ1) is 9.30. The third kappa shape index (κ3) is 2.68. The predicted octanol–water partition coefficient (Wildman–Crippen LogP) is 2.69. The predicted molar refractivity (Wildman–Crippen MR) is 52.0 cm³/mol. The molecule has 0 fully saturated rings. The van der Waals surface area contributed by atoms with Crippen LogP contribution in [0.15, 0.2) is 17.4 Å². The Morgan fingerprint density at radius 1 is 1.42 bits per heavy atom. The largest absolute Gasteiger partial charge is 0.159 e. The van der Waals surface area contributed by atoms with Crippen molar-refractivity contribution in [1.82, 2.24) is 5.43 Å². The highest BCUT2D eigenvalue weighted by molar-refractivity contribution is 5.97. The van der Waals surface area contributed by atoms with Gasteiger partial charge in [0.05, 0.1) is 11.9 Å². The molecule has 0 aromatic heterocycles. The second-order valence-electron chi connectivity index (χ2n) is 3.35. The highest BCUT2D eigenvalue weighted by atomic mass is 15.3. The molecule has 0 aromatic carbocycles. The third-order valence-corrected chi connectivity index (χ3v) is 2.23. The second-order valence-corrected chi connectivity index (χ2v) is 3.35. The van der Waals surface area contributed by atoms with Crippen molar-refractivity contribution in [2.75, 3.05) is 0 Å². The molecule has 12 heavy (non-hydrogen) atoms. The molecule has 1 rings (SSSR count). The fraction of sp³-hybridized carbons (Fsp3) is 0.700. The van der Waals surface area contributed by atoms with E-state index in [1.54, 1.807) is 6.20 Å². The minimum atomic E-state index is 0.582. The molecule has 2 heteroatoms. The molecule has 1 unspecified atom stereocenters. The standard InChI is InChI=1S/C10H17N2/c1-3-4-5-6-9(2)10-7-8-11-12-10/h7-9H,3-6H2,1-2H3. The summed E-state index contributed by atoms with van der Waals surface area (Å²) in [5, 5.41) is 4.04. The normalized spacial score (nSPS) is 17.3. The fourth-order valence-corrected chi connectivity index (χ4v) is 1.35. The molecule has 0 saturated heterocycles. The van der Waals surface area contributed by atoms with E-state index in [9.17, 15) is 0 Å². The van der Waals surface area contributed by atoms with Gasteiger partial charge in [-0.2, -0.15) is 10.5 Å². The summed E-state index contributed by atoms with van der Waals surface area (Å²) < 4.78 is 0. The maximum atomic E-state index is 4.04. The van der Waals surface area contributed by atoms with E-state index in [1.165, 1.54) is 25.7 Å². The summed E-state index contributed by atoms with van der Waals surface area (Å²) >= 11 is 0. The van der Waals surface area contributed by atoms with Crippen molar-refractivity contribution in [3.05, 3.63) is 12.3 Å². The Morgan fingerprint density at radius 3 is 2.83 bits per heavy atom. The van der Waals surface area contributed by atoms with Crippen molar-refractivity contribution in [3.63, 3.8) is 0 Å².